The molecular weight excluding hydrogens is 402 g/mol. The fourth-order valence-electron chi connectivity index (χ4n) is 4.06. The quantitative estimate of drug-likeness (QED) is 0.442. The lowest BCUT2D eigenvalue weighted by atomic mass is 9.90. The van der Waals surface area contributed by atoms with Crippen LogP contribution in [0.2, 0.25) is 5.02 Å². The van der Waals surface area contributed by atoms with Crippen LogP contribution in [0.4, 0.5) is 0 Å². The molecule has 1 unspecified atom stereocenters. The van der Waals surface area contributed by atoms with Crippen molar-refractivity contribution in [3.05, 3.63) is 77.8 Å². The van der Waals surface area contributed by atoms with Gasteiger partial charge in [0.05, 0.1) is 0 Å². The second-order valence-electron chi connectivity index (χ2n) is 9.62. The van der Waals surface area contributed by atoms with E-state index in [4.69, 9.17) is 11.6 Å². The van der Waals surface area contributed by atoms with Crippen LogP contribution in [0.1, 0.15) is 45.4 Å². The number of rotatable bonds is 4. The van der Waals surface area contributed by atoms with E-state index in [1.54, 1.807) is 0 Å². The zero-order valence-corrected chi connectivity index (χ0v) is 19.6. The van der Waals surface area contributed by atoms with E-state index in [9.17, 15) is 0 Å². The molecule has 0 spiro atoms. The van der Waals surface area contributed by atoms with Gasteiger partial charge in [0.2, 0.25) is 0 Å². The van der Waals surface area contributed by atoms with Gasteiger partial charge in [0.1, 0.15) is 0 Å². The minimum Gasteiger partial charge on any atom is -0.371 e. The minimum absolute atomic E-state index is 0.00425. The lowest BCUT2D eigenvalue weighted by molar-refractivity contribution is 0.472. The molecular formula is C27H30ClN3. The number of halogens is 1. The summed E-state index contributed by atoms with van der Waals surface area (Å²) < 4.78 is 0. The van der Waals surface area contributed by atoms with Crippen molar-refractivity contribution in [2.45, 2.75) is 39.5 Å². The van der Waals surface area contributed by atoms with Gasteiger partial charge in [-0.25, -0.2) is 0 Å². The molecule has 1 aliphatic heterocycles. The summed E-state index contributed by atoms with van der Waals surface area (Å²) in [5, 5.41) is 0.718. The van der Waals surface area contributed by atoms with E-state index in [2.05, 4.69) is 73.4 Å². The normalized spacial score (nSPS) is 16.5. The van der Waals surface area contributed by atoms with Crippen LogP contribution in [0, 0.1) is 5.92 Å². The summed E-state index contributed by atoms with van der Waals surface area (Å²) in [6.45, 7) is 15.2. The molecule has 2 aromatic heterocycles. The Morgan fingerprint density at radius 2 is 1.84 bits per heavy atom. The Morgan fingerprint density at radius 3 is 2.52 bits per heavy atom. The summed E-state index contributed by atoms with van der Waals surface area (Å²) in [6, 6.07) is 12.5. The van der Waals surface area contributed by atoms with Crippen LogP contribution in [-0.4, -0.2) is 28.0 Å². The fourth-order valence-corrected chi connectivity index (χ4v) is 4.35. The van der Waals surface area contributed by atoms with E-state index in [-0.39, 0.29) is 5.41 Å². The topological polar surface area (TPSA) is 29.0 Å². The maximum absolute atomic E-state index is 6.73. The van der Waals surface area contributed by atoms with Gasteiger partial charge < -0.3 is 4.90 Å². The predicted octanol–water partition coefficient (Wildman–Crippen LogP) is 7.07. The molecule has 1 atom stereocenters. The molecule has 0 bridgehead atoms. The van der Waals surface area contributed by atoms with Gasteiger partial charge in [-0.1, -0.05) is 58.0 Å². The van der Waals surface area contributed by atoms with Gasteiger partial charge in [-0.05, 0) is 47.7 Å². The molecule has 3 aromatic rings. The lowest BCUT2D eigenvalue weighted by Gasteiger charge is -2.21. The zero-order chi connectivity index (χ0) is 22.2. The van der Waals surface area contributed by atoms with Crippen molar-refractivity contribution in [2.75, 3.05) is 13.1 Å². The predicted molar refractivity (Wildman–Crippen MR) is 131 cm³/mol. The molecule has 3 heterocycles. The number of benzene rings is 1. The maximum atomic E-state index is 6.73. The Labute approximate surface area is 190 Å². The van der Waals surface area contributed by atoms with Crippen molar-refractivity contribution in [1.29, 1.82) is 0 Å². The van der Waals surface area contributed by atoms with Gasteiger partial charge in [-0.2, -0.15) is 0 Å². The second-order valence-corrected chi connectivity index (χ2v) is 10.0. The van der Waals surface area contributed by atoms with E-state index >= 15 is 0 Å². The first-order chi connectivity index (χ1) is 14.7. The summed E-state index contributed by atoms with van der Waals surface area (Å²) >= 11 is 6.73. The highest BCUT2D eigenvalue weighted by Crippen LogP contribution is 2.34. The van der Waals surface area contributed by atoms with E-state index in [1.807, 2.05) is 30.7 Å². The smallest absolute Gasteiger partial charge is 0.0491 e. The Bertz CT molecular complexity index is 1110. The van der Waals surface area contributed by atoms with Crippen LogP contribution in [0.5, 0.6) is 0 Å². The molecule has 4 rings (SSSR count). The third-order valence-corrected chi connectivity index (χ3v) is 6.33. The Kier molecular flexibility index (Phi) is 5.90. The first-order valence-corrected chi connectivity index (χ1v) is 11.3. The van der Waals surface area contributed by atoms with Crippen LogP contribution in [0.25, 0.3) is 28.0 Å². The first-order valence-electron chi connectivity index (χ1n) is 10.9. The van der Waals surface area contributed by atoms with Crippen LogP contribution in [-0.2, 0) is 5.41 Å². The Balaban J connectivity index is 1.63. The third-order valence-electron chi connectivity index (χ3n) is 6.02. The van der Waals surface area contributed by atoms with Crippen LogP contribution < -0.4 is 0 Å². The molecule has 0 aliphatic carbocycles. The van der Waals surface area contributed by atoms with Gasteiger partial charge >= 0.3 is 0 Å². The standard InChI is InChI=1S/C27H30ClN3/c1-18-9-11-31(17-18)19(2)20-6-7-24(25(28)13-20)23-12-22(15-29-16-23)21-8-10-30-26(14-21)27(3,4)5/h6-8,10,12-16,18H,2,9,11,17H2,1,3-5H3. The molecule has 31 heavy (non-hydrogen) atoms. The van der Waals surface area contributed by atoms with Gasteiger partial charge in [-0.15, -0.1) is 0 Å². The summed E-state index contributed by atoms with van der Waals surface area (Å²) in [4.78, 5) is 11.4. The number of aromatic nitrogens is 2. The van der Waals surface area contributed by atoms with Crippen LogP contribution >= 0.6 is 11.6 Å². The van der Waals surface area contributed by atoms with Crippen molar-refractivity contribution in [2.24, 2.45) is 5.92 Å². The van der Waals surface area contributed by atoms with Crippen molar-refractivity contribution in [3.63, 3.8) is 0 Å². The third kappa shape index (κ3) is 4.67. The number of nitrogens with zero attached hydrogens (tertiary/aromatic N) is 3. The molecule has 0 saturated carbocycles. The average molecular weight is 432 g/mol. The van der Waals surface area contributed by atoms with Gasteiger partial charge in [0.25, 0.3) is 0 Å². The van der Waals surface area contributed by atoms with E-state index < -0.39 is 0 Å². The van der Waals surface area contributed by atoms with Gasteiger partial charge in [0, 0.05) is 70.2 Å². The summed E-state index contributed by atoms with van der Waals surface area (Å²) in [7, 11) is 0. The molecule has 0 radical (unpaired) electrons. The molecule has 160 valence electrons. The molecule has 3 nitrogen and oxygen atoms in total. The monoisotopic (exact) mass is 431 g/mol. The molecule has 1 fully saturated rings. The molecule has 1 saturated heterocycles. The summed E-state index contributed by atoms with van der Waals surface area (Å²) in [5.41, 5.74) is 7.34. The molecule has 1 aromatic carbocycles. The van der Waals surface area contributed by atoms with Gasteiger partial charge in [0.15, 0.2) is 0 Å². The zero-order valence-electron chi connectivity index (χ0n) is 18.8. The van der Waals surface area contributed by atoms with Crippen molar-refractivity contribution in [3.8, 4) is 22.3 Å². The highest BCUT2D eigenvalue weighted by atomic mass is 35.5. The van der Waals surface area contributed by atoms with E-state index in [0.717, 1.165) is 57.3 Å². The molecule has 4 heteroatoms. The largest absolute Gasteiger partial charge is 0.371 e. The Hall–Kier alpha value is -2.65. The lowest BCUT2D eigenvalue weighted by Crippen LogP contribution is -2.17. The average Bonchev–Trinajstić information content (AvgIpc) is 3.19. The van der Waals surface area contributed by atoms with E-state index in [0.29, 0.717) is 5.92 Å². The number of hydrogen-bond donors (Lipinski definition) is 0. The van der Waals surface area contributed by atoms with Crippen LogP contribution in [0.3, 0.4) is 0 Å². The molecule has 0 N–H and O–H groups in total. The summed E-state index contributed by atoms with van der Waals surface area (Å²) in [6.07, 6.45) is 6.85. The SMILES string of the molecule is C=C(c1ccc(-c2cncc(-c3ccnc(C(C)(C)C)c3)c2)c(Cl)c1)N1CCC(C)C1. The minimum atomic E-state index is -0.00425. The van der Waals surface area contributed by atoms with E-state index in [1.165, 1.54) is 6.42 Å². The molecule has 0 amide bonds. The molecule has 1 aliphatic rings. The number of pyridine rings is 2. The summed E-state index contributed by atoms with van der Waals surface area (Å²) in [5.74, 6) is 0.715. The van der Waals surface area contributed by atoms with Gasteiger partial charge in [-0.3, -0.25) is 9.97 Å². The highest BCUT2D eigenvalue weighted by Gasteiger charge is 2.21. The first kappa shape index (κ1) is 21.6. The van der Waals surface area contributed by atoms with Crippen molar-refractivity contribution >= 4 is 17.3 Å². The fraction of sp³-hybridized carbons (Fsp3) is 0.333. The van der Waals surface area contributed by atoms with Crippen molar-refractivity contribution in [1.82, 2.24) is 14.9 Å². The number of hydrogen-bond acceptors (Lipinski definition) is 3. The maximum Gasteiger partial charge on any atom is 0.0491 e. The van der Waals surface area contributed by atoms with Crippen LogP contribution in [0.15, 0.2) is 61.6 Å². The Morgan fingerprint density at radius 1 is 1.06 bits per heavy atom. The number of likely N-dealkylation sites (tertiary alicyclic amines) is 1. The highest BCUT2D eigenvalue weighted by molar-refractivity contribution is 6.33. The van der Waals surface area contributed by atoms with Crippen molar-refractivity contribution < 1.29 is 0 Å². The second kappa shape index (κ2) is 8.47.